The molecule has 2 heterocycles. The second-order valence-corrected chi connectivity index (χ2v) is 5.91. The highest BCUT2D eigenvalue weighted by molar-refractivity contribution is 7.15. The lowest BCUT2D eigenvalue weighted by atomic mass is 10.2. The Balaban J connectivity index is 2.00. The monoisotopic (exact) mass is 297 g/mol. The smallest absolute Gasteiger partial charge is 0.312 e. The molecule has 1 saturated heterocycles. The van der Waals surface area contributed by atoms with Gasteiger partial charge in [0.1, 0.15) is 5.01 Å². The molecule has 1 aromatic rings. The lowest BCUT2D eigenvalue weighted by Crippen LogP contribution is -2.55. The van der Waals surface area contributed by atoms with Gasteiger partial charge in [-0.25, -0.2) is 0 Å². The molecule has 2 amide bonds. The highest BCUT2D eigenvalue weighted by Gasteiger charge is 2.34. The Bertz CT molecular complexity index is 502. The van der Waals surface area contributed by atoms with Gasteiger partial charge in [0.25, 0.3) is 0 Å². The Hall–Kier alpha value is -1.70. The summed E-state index contributed by atoms with van der Waals surface area (Å²) in [6.45, 7) is 8.04. The first-order chi connectivity index (χ1) is 9.52. The van der Waals surface area contributed by atoms with Crippen LogP contribution in [0, 0.1) is 0 Å². The van der Waals surface area contributed by atoms with Gasteiger partial charge >= 0.3 is 11.8 Å². The standard InChI is InChI=1S/C12H19N5O2S/c1-4-13-12-15-14-9(20-12)7-16-5-6-17(8(2)3)11(19)10(16)18/h8H,4-7H2,1-3H3,(H,13,15). The van der Waals surface area contributed by atoms with Gasteiger partial charge in [0.05, 0.1) is 6.54 Å². The molecule has 110 valence electrons. The summed E-state index contributed by atoms with van der Waals surface area (Å²) in [6.07, 6.45) is 0. The van der Waals surface area contributed by atoms with Crippen molar-refractivity contribution in [2.24, 2.45) is 0 Å². The summed E-state index contributed by atoms with van der Waals surface area (Å²) in [6, 6.07) is 0.0514. The third-order valence-corrected chi connectivity index (χ3v) is 3.95. The second kappa shape index (κ2) is 6.17. The van der Waals surface area contributed by atoms with Gasteiger partial charge in [-0.05, 0) is 20.8 Å². The Kier molecular flexibility index (Phi) is 4.53. The Labute approximate surface area is 122 Å². The van der Waals surface area contributed by atoms with Crippen molar-refractivity contribution in [3.8, 4) is 0 Å². The van der Waals surface area contributed by atoms with E-state index in [9.17, 15) is 9.59 Å². The molecular formula is C12H19N5O2S. The van der Waals surface area contributed by atoms with E-state index in [4.69, 9.17) is 0 Å². The van der Waals surface area contributed by atoms with Crippen LogP contribution >= 0.6 is 11.3 Å². The zero-order valence-corrected chi connectivity index (χ0v) is 12.7. The van der Waals surface area contributed by atoms with Crippen LogP contribution < -0.4 is 5.32 Å². The van der Waals surface area contributed by atoms with E-state index in [1.807, 2.05) is 20.8 Å². The first-order valence-corrected chi connectivity index (χ1v) is 7.50. The van der Waals surface area contributed by atoms with E-state index in [0.29, 0.717) is 19.6 Å². The fraction of sp³-hybridized carbons (Fsp3) is 0.667. The SMILES string of the molecule is CCNc1nnc(CN2CCN(C(C)C)C(=O)C2=O)s1. The van der Waals surface area contributed by atoms with Crippen LogP contribution in [0.5, 0.6) is 0 Å². The van der Waals surface area contributed by atoms with Crippen molar-refractivity contribution < 1.29 is 9.59 Å². The lowest BCUT2D eigenvalue weighted by Gasteiger charge is -2.35. The molecule has 0 saturated carbocycles. The van der Waals surface area contributed by atoms with Crippen LogP contribution in [-0.2, 0) is 16.1 Å². The lowest BCUT2D eigenvalue weighted by molar-refractivity contribution is -0.157. The maximum atomic E-state index is 12.1. The summed E-state index contributed by atoms with van der Waals surface area (Å²) < 4.78 is 0. The number of nitrogens with one attached hydrogen (secondary N) is 1. The maximum Gasteiger partial charge on any atom is 0.312 e. The van der Waals surface area contributed by atoms with Crippen LogP contribution in [0.4, 0.5) is 5.13 Å². The van der Waals surface area contributed by atoms with Crippen molar-refractivity contribution in [1.29, 1.82) is 0 Å². The van der Waals surface area contributed by atoms with Crippen LogP contribution in [-0.4, -0.2) is 57.5 Å². The van der Waals surface area contributed by atoms with Gasteiger partial charge in [0.2, 0.25) is 5.13 Å². The minimum atomic E-state index is -0.454. The molecule has 0 radical (unpaired) electrons. The minimum Gasteiger partial charge on any atom is -0.360 e. The quantitative estimate of drug-likeness (QED) is 0.803. The molecule has 1 N–H and O–H groups in total. The fourth-order valence-corrected chi connectivity index (χ4v) is 2.86. The third-order valence-electron chi connectivity index (χ3n) is 3.09. The largest absolute Gasteiger partial charge is 0.360 e. The molecule has 8 heteroatoms. The van der Waals surface area contributed by atoms with Gasteiger partial charge < -0.3 is 15.1 Å². The van der Waals surface area contributed by atoms with Crippen LogP contribution in [0.3, 0.4) is 0 Å². The van der Waals surface area contributed by atoms with Crippen molar-refractivity contribution in [1.82, 2.24) is 20.0 Å². The van der Waals surface area contributed by atoms with Crippen LogP contribution in [0.15, 0.2) is 0 Å². The molecule has 0 spiro atoms. The van der Waals surface area contributed by atoms with Gasteiger partial charge in [0.15, 0.2) is 0 Å². The average Bonchev–Trinajstić information content (AvgIpc) is 2.83. The number of anilines is 1. The minimum absolute atomic E-state index is 0.0514. The summed E-state index contributed by atoms with van der Waals surface area (Å²) in [4.78, 5) is 27.2. The zero-order chi connectivity index (χ0) is 14.7. The number of hydrogen-bond acceptors (Lipinski definition) is 6. The van der Waals surface area contributed by atoms with Gasteiger partial charge in [-0.15, -0.1) is 10.2 Å². The molecular weight excluding hydrogens is 278 g/mol. The summed E-state index contributed by atoms with van der Waals surface area (Å²) in [7, 11) is 0. The van der Waals surface area contributed by atoms with E-state index in [-0.39, 0.29) is 6.04 Å². The zero-order valence-electron chi connectivity index (χ0n) is 11.9. The number of hydrogen-bond donors (Lipinski definition) is 1. The molecule has 1 aromatic heterocycles. The average molecular weight is 297 g/mol. The molecule has 0 aliphatic carbocycles. The summed E-state index contributed by atoms with van der Waals surface area (Å²) in [5.41, 5.74) is 0. The highest BCUT2D eigenvalue weighted by Crippen LogP contribution is 2.18. The van der Waals surface area contributed by atoms with Crippen molar-refractivity contribution in [3.63, 3.8) is 0 Å². The van der Waals surface area contributed by atoms with Gasteiger partial charge in [-0.3, -0.25) is 9.59 Å². The molecule has 20 heavy (non-hydrogen) atoms. The van der Waals surface area contributed by atoms with Crippen LogP contribution in [0.1, 0.15) is 25.8 Å². The van der Waals surface area contributed by atoms with Crippen LogP contribution in [0.2, 0.25) is 0 Å². The fourth-order valence-electron chi connectivity index (χ4n) is 2.04. The summed E-state index contributed by atoms with van der Waals surface area (Å²) >= 11 is 1.41. The van der Waals surface area contributed by atoms with E-state index in [0.717, 1.165) is 16.7 Å². The number of carbonyl (C=O) groups is 2. The number of amides is 2. The van der Waals surface area contributed by atoms with E-state index in [1.54, 1.807) is 4.90 Å². The second-order valence-electron chi connectivity index (χ2n) is 4.85. The molecule has 1 aliphatic heterocycles. The molecule has 1 aliphatic rings. The number of aromatic nitrogens is 2. The molecule has 0 atom stereocenters. The van der Waals surface area contributed by atoms with Gasteiger partial charge in [0, 0.05) is 25.7 Å². The molecule has 1 fully saturated rings. The Morgan fingerprint density at radius 2 is 2.00 bits per heavy atom. The Morgan fingerprint density at radius 1 is 1.25 bits per heavy atom. The Morgan fingerprint density at radius 3 is 2.65 bits per heavy atom. The summed E-state index contributed by atoms with van der Waals surface area (Å²) in [5.74, 6) is -0.882. The van der Waals surface area contributed by atoms with Crippen molar-refractivity contribution in [2.45, 2.75) is 33.4 Å². The molecule has 0 aromatic carbocycles. The first-order valence-electron chi connectivity index (χ1n) is 6.69. The number of nitrogens with zero attached hydrogens (tertiary/aromatic N) is 4. The predicted molar refractivity (Wildman–Crippen MR) is 76.3 cm³/mol. The predicted octanol–water partition coefficient (Wildman–Crippen LogP) is 0.549. The van der Waals surface area contributed by atoms with Crippen molar-refractivity contribution >= 4 is 28.3 Å². The van der Waals surface area contributed by atoms with Gasteiger partial charge in [-0.2, -0.15) is 0 Å². The van der Waals surface area contributed by atoms with Crippen molar-refractivity contribution in [2.75, 3.05) is 25.0 Å². The van der Waals surface area contributed by atoms with E-state index >= 15 is 0 Å². The third kappa shape index (κ3) is 3.06. The van der Waals surface area contributed by atoms with Crippen molar-refractivity contribution in [3.05, 3.63) is 5.01 Å². The number of carbonyl (C=O) groups excluding carboxylic acids is 2. The summed E-state index contributed by atoms with van der Waals surface area (Å²) in [5, 5.41) is 12.6. The maximum absolute atomic E-state index is 12.1. The van der Waals surface area contributed by atoms with E-state index in [1.165, 1.54) is 16.2 Å². The topological polar surface area (TPSA) is 78.4 Å². The van der Waals surface area contributed by atoms with Gasteiger partial charge in [-0.1, -0.05) is 11.3 Å². The highest BCUT2D eigenvalue weighted by atomic mass is 32.1. The number of piperazine rings is 1. The molecule has 0 unspecified atom stereocenters. The normalized spacial score (nSPS) is 16.2. The van der Waals surface area contributed by atoms with Crippen LogP contribution in [0.25, 0.3) is 0 Å². The first kappa shape index (κ1) is 14.7. The molecule has 2 rings (SSSR count). The van der Waals surface area contributed by atoms with E-state index < -0.39 is 11.8 Å². The number of rotatable bonds is 5. The molecule has 7 nitrogen and oxygen atoms in total. The van der Waals surface area contributed by atoms with E-state index in [2.05, 4.69) is 15.5 Å². The molecule has 0 bridgehead atoms.